The minimum Gasteiger partial charge on any atom is -0.504 e. The molecule has 9 heteroatoms. The van der Waals surface area contributed by atoms with Gasteiger partial charge in [-0.25, -0.2) is 0 Å². The molecule has 26 heavy (non-hydrogen) atoms. The summed E-state index contributed by atoms with van der Waals surface area (Å²) < 4.78 is 42.4. The highest BCUT2D eigenvalue weighted by Crippen LogP contribution is 2.41. The zero-order valence-electron chi connectivity index (χ0n) is 13.7. The van der Waals surface area contributed by atoms with Crippen molar-refractivity contribution in [2.45, 2.75) is 11.8 Å². The topological polar surface area (TPSA) is 134 Å². The van der Waals surface area contributed by atoms with Crippen LogP contribution in [0.3, 0.4) is 0 Å². The van der Waals surface area contributed by atoms with Crippen LogP contribution in [0, 0.1) is 6.92 Å². The molecule has 0 saturated carbocycles. The molecular formula is C17H14O8S. The normalized spacial score (nSPS) is 11.7. The van der Waals surface area contributed by atoms with Crippen molar-refractivity contribution in [1.29, 1.82) is 0 Å². The van der Waals surface area contributed by atoms with Crippen LogP contribution in [0.25, 0.3) is 22.1 Å². The molecule has 3 N–H and O–H groups in total. The minimum absolute atomic E-state index is 0.0366. The third kappa shape index (κ3) is 2.76. The first-order valence-electron chi connectivity index (χ1n) is 7.28. The van der Waals surface area contributed by atoms with Gasteiger partial charge in [0.25, 0.3) is 10.1 Å². The lowest BCUT2D eigenvalue weighted by molar-refractivity contribution is 0.346. The molecule has 0 unspecified atom stereocenters. The van der Waals surface area contributed by atoms with E-state index in [1.54, 1.807) is 0 Å². The van der Waals surface area contributed by atoms with E-state index in [1.165, 1.54) is 26.2 Å². The third-order valence-electron chi connectivity index (χ3n) is 3.96. The van der Waals surface area contributed by atoms with E-state index in [1.807, 2.05) is 0 Å². The van der Waals surface area contributed by atoms with E-state index in [4.69, 9.17) is 9.15 Å². The van der Waals surface area contributed by atoms with E-state index >= 15 is 0 Å². The smallest absolute Gasteiger partial charge is 0.294 e. The summed E-state index contributed by atoms with van der Waals surface area (Å²) in [5.74, 6) is -1.29. The molecule has 2 aromatic carbocycles. The Morgan fingerprint density at radius 2 is 1.85 bits per heavy atom. The summed E-state index contributed by atoms with van der Waals surface area (Å²) in [5, 5.41) is 19.8. The van der Waals surface area contributed by atoms with Crippen molar-refractivity contribution in [2.24, 2.45) is 0 Å². The Kier molecular flexibility index (Phi) is 4.13. The molecule has 3 rings (SSSR count). The number of hydrogen-bond acceptors (Lipinski definition) is 7. The highest BCUT2D eigenvalue weighted by Gasteiger charge is 2.21. The zero-order chi connectivity index (χ0) is 19.2. The maximum absolute atomic E-state index is 12.8. The monoisotopic (exact) mass is 378 g/mol. The number of phenols is 2. The lowest BCUT2D eigenvalue weighted by atomic mass is 10.0. The fraction of sp³-hybridized carbons (Fsp3) is 0.118. The van der Waals surface area contributed by atoms with Gasteiger partial charge in [0.05, 0.1) is 17.6 Å². The Balaban J connectivity index is 2.35. The SMILES string of the molecule is COc1c(O)cc2occ(-c3ccc(C)c(S(=O)(=O)O)c3)c(=O)c2c1O. The molecule has 1 aromatic heterocycles. The number of rotatable bonds is 3. The number of fused-ring (bicyclic) bond motifs is 1. The van der Waals surface area contributed by atoms with Crippen LogP contribution in [-0.2, 0) is 10.1 Å². The average Bonchev–Trinajstić information content (AvgIpc) is 2.55. The Bertz CT molecular complexity index is 1190. The number of benzene rings is 2. The van der Waals surface area contributed by atoms with Crippen molar-refractivity contribution >= 4 is 21.1 Å². The summed E-state index contributed by atoms with van der Waals surface area (Å²) in [6.45, 7) is 1.50. The number of aromatic hydroxyl groups is 2. The second-order valence-corrected chi connectivity index (χ2v) is 6.97. The van der Waals surface area contributed by atoms with E-state index in [9.17, 15) is 28.0 Å². The van der Waals surface area contributed by atoms with Gasteiger partial charge in [-0.1, -0.05) is 12.1 Å². The molecule has 0 aliphatic rings. The number of methoxy groups -OCH3 is 1. The first-order chi connectivity index (χ1) is 12.1. The molecule has 0 spiro atoms. The zero-order valence-corrected chi connectivity index (χ0v) is 14.5. The van der Waals surface area contributed by atoms with Crippen LogP contribution in [0.4, 0.5) is 0 Å². The van der Waals surface area contributed by atoms with Crippen LogP contribution in [0.2, 0.25) is 0 Å². The number of hydrogen-bond donors (Lipinski definition) is 3. The van der Waals surface area contributed by atoms with Gasteiger partial charge in [0.1, 0.15) is 17.2 Å². The largest absolute Gasteiger partial charge is 0.504 e. The second kappa shape index (κ2) is 6.04. The molecule has 0 aliphatic heterocycles. The minimum atomic E-state index is -4.48. The molecule has 0 saturated heterocycles. The summed E-state index contributed by atoms with van der Waals surface area (Å²) in [5.41, 5.74) is -0.296. The van der Waals surface area contributed by atoms with Crippen LogP contribution in [0.5, 0.6) is 17.2 Å². The first kappa shape index (κ1) is 17.8. The lowest BCUT2D eigenvalue weighted by Crippen LogP contribution is -2.07. The second-order valence-electron chi connectivity index (χ2n) is 5.58. The molecule has 136 valence electrons. The van der Waals surface area contributed by atoms with Crippen LogP contribution in [0.1, 0.15) is 5.56 Å². The predicted octanol–water partition coefficient (Wildman–Crippen LogP) is 2.43. The summed E-state index contributed by atoms with van der Waals surface area (Å²) >= 11 is 0. The van der Waals surface area contributed by atoms with E-state index in [2.05, 4.69) is 0 Å². The van der Waals surface area contributed by atoms with E-state index in [-0.39, 0.29) is 32.7 Å². The van der Waals surface area contributed by atoms with E-state index in [0.29, 0.717) is 5.56 Å². The van der Waals surface area contributed by atoms with Gasteiger partial charge >= 0.3 is 0 Å². The number of aryl methyl sites for hydroxylation is 1. The van der Waals surface area contributed by atoms with Crippen molar-refractivity contribution in [3.63, 3.8) is 0 Å². The molecule has 3 aromatic rings. The van der Waals surface area contributed by atoms with Crippen molar-refractivity contribution in [2.75, 3.05) is 7.11 Å². The highest BCUT2D eigenvalue weighted by atomic mass is 32.2. The molecule has 0 radical (unpaired) electrons. The maximum Gasteiger partial charge on any atom is 0.294 e. The van der Waals surface area contributed by atoms with Crippen molar-refractivity contribution in [1.82, 2.24) is 0 Å². The molecule has 0 fully saturated rings. The standard InChI is InChI=1S/C17H14O8S/c1-8-3-4-9(5-13(8)26(21,22)23)10-7-25-12-6-11(18)17(24-2)16(20)14(12)15(10)19/h3-7,18,20H,1-2H3,(H,21,22,23). The average molecular weight is 378 g/mol. The van der Waals surface area contributed by atoms with Crippen LogP contribution < -0.4 is 10.2 Å². The summed E-state index contributed by atoms with van der Waals surface area (Å²) in [6.07, 6.45) is 1.08. The first-order valence-corrected chi connectivity index (χ1v) is 8.72. The summed E-state index contributed by atoms with van der Waals surface area (Å²) in [7, 11) is -3.27. The molecular weight excluding hydrogens is 364 g/mol. The maximum atomic E-state index is 12.8. The predicted molar refractivity (Wildman–Crippen MR) is 92.4 cm³/mol. The lowest BCUT2D eigenvalue weighted by Gasteiger charge is -2.10. The van der Waals surface area contributed by atoms with Gasteiger partial charge in [-0.3, -0.25) is 9.35 Å². The van der Waals surface area contributed by atoms with Crippen LogP contribution in [-0.4, -0.2) is 30.3 Å². The van der Waals surface area contributed by atoms with Crippen molar-refractivity contribution in [3.8, 4) is 28.4 Å². The molecule has 0 amide bonds. The summed E-state index contributed by atoms with van der Waals surface area (Å²) in [6, 6.07) is 5.17. The third-order valence-corrected chi connectivity index (χ3v) is 4.95. The number of ether oxygens (including phenoxy) is 1. The van der Waals surface area contributed by atoms with Crippen LogP contribution >= 0.6 is 0 Å². The van der Waals surface area contributed by atoms with Gasteiger partial charge in [0.2, 0.25) is 11.2 Å². The molecule has 0 atom stereocenters. The molecule has 8 nitrogen and oxygen atoms in total. The van der Waals surface area contributed by atoms with Crippen LogP contribution in [0.15, 0.2) is 44.6 Å². The Morgan fingerprint density at radius 3 is 2.46 bits per heavy atom. The fourth-order valence-corrected chi connectivity index (χ4v) is 3.43. The number of phenolic OH excluding ortho intramolecular Hbond substituents is 2. The molecule has 1 heterocycles. The van der Waals surface area contributed by atoms with E-state index in [0.717, 1.165) is 18.4 Å². The van der Waals surface area contributed by atoms with Gasteiger partial charge in [0.15, 0.2) is 11.5 Å². The van der Waals surface area contributed by atoms with Gasteiger partial charge in [-0.05, 0) is 24.1 Å². The van der Waals surface area contributed by atoms with Gasteiger partial charge in [0, 0.05) is 6.07 Å². The fourth-order valence-electron chi connectivity index (χ4n) is 2.68. The highest BCUT2D eigenvalue weighted by molar-refractivity contribution is 7.85. The Labute approximate surface area is 147 Å². The Morgan fingerprint density at radius 1 is 1.15 bits per heavy atom. The van der Waals surface area contributed by atoms with Gasteiger partial charge in [-0.2, -0.15) is 8.42 Å². The summed E-state index contributed by atoms with van der Waals surface area (Å²) in [4.78, 5) is 12.5. The van der Waals surface area contributed by atoms with Crippen molar-refractivity contribution in [3.05, 3.63) is 46.3 Å². The molecule has 0 aliphatic carbocycles. The van der Waals surface area contributed by atoms with Crippen molar-refractivity contribution < 1.29 is 32.3 Å². The quantitative estimate of drug-likeness (QED) is 0.592. The van der Waals surface area contributed by atoms with E-state index < -0.39 is 27.0 Å². The van der Waals surface area contributed by atoms with Gasteiger partial charge in [-0.15, -0.1) is 0 Å². The van der Waals surface area contributed by atoms with Gasteiger partial charge < -0.3 is 19.4 Å². The molecule has 0 bridgehead atoms. The Hall–Kier alpha value is -3.04.